The van der Waals surface area contributed by atoms with Crippen LogP contribution in [0, 0.1) is 5.92 Å². The van der Waals surface area contributed by atoms with Gasteiger partial charge in [-0.25, -0.2) is 13.1 Å². The monoisotopic (exact) mass is 742 g/mol. The third-order valence-electron chi connectivity index (χ3n) is 11.4. The molecule has 4 aromatic rings. The second-order valence-corrected chi connectivity index (χ2v) is 17.6. The molecule has 12 heteroatoms. The second kappa shape index (κ2) is 15.0. The summed E-state index contributed by atoms with van der Waals surface area (Å²) in [6.45, 7) is 5.64. The first-order valence-corrected chi connectivity index (χ1v) is 20.7. The Hall–Kier alpha value is -3.97. The third kappa shape index (κ3) is 7.43. The predicted octanol–water partition coefficient (Wildman–Crippen LogP) is 6.38. The Morgan fingerprint density at radius 3 is 2.55 bits per heavy atom. The highest BCUT2D eigenvalue weighted by atomic mass is 32.2. The van der Waals surface area contributed by atoms with Gasteiger partial charge in [-0.1, -0.05) is 39.2 Å². The first-order chi connectivity index (χ1) is 25.3. The lowest BCUT2D eigenvalue weighted by Crippen LogP contribution is -2.46. The molecule has 2 aliphatic heterocycles. The fourth-order valence-corrected chi connectivity index (χ4v) is 10.2. The SMILES string of the molecule is COc1ccc2c(c1)C=C(c1c(C(O)N3CCCC(N(C)C)C3)cnn1C)Cn1c-2c(C2CCCCC2)c2ccc(C(=O)NS(=O)(=O)CC(C)C)cc21. The minimum absolute atomic E-state index is 0.120. The van der Waals surface area contributed by atoms with Crippen LogP contribution < -0.4 is 9.46 Å². The molecule has 0 bridgehead atoms. The van der Waals surface area contributed by atoms with Gasteiger partial charge in [-0.3, -0.25) is 14.4 Å². The lowest BCUT2D eigenvalue weighted by molar-refractivity contribution is -0.0288. The number of likely N-dealkylation sites (tertiary alicyclic amines) is 1. The van der Waals surface area contributed by atoms with Gasteiger partial charge in [0.1, 0.15) is 12.0 Å². The summed E-state index contributed by atoms with van der Waals surface area (Å²) in [6, 6.07) is 12.2. The molecule has 1 amide bonds. The van der Waals surface area contributed by atoms with Crippen LogP contribution in [0.1, 0.15) is 104 Å². The van der Waals surface area contributed by atoms with Crippen molar-refractivity contribution < 1.29 is 23.1 Å². The van der Waals surface area contributed by atoms with Gasteiger partial charge < -0.3 is 19.3 Å². The topological polar surface area (TPSA) is 122 Å². The van der Waals surface area contributed by atoms with E-state index >= 15 is 0 Å². The average molecular weight is 743 g/mol. The zero-order valence-corrected chi connectivity index (χ0v) is 32.7. The van der Waals surface area contributed by atoms with Crippen molar-refractivity contribution in [3.63, 3.8) is 0 Å². The van der Waals surface area contributed by atoms with Crippen LogP contribution >= 0.6 is 0 Å². The number of aliphatic hydroxyl groups excluding tert-OH is 1. The molecule has 53 heavy (non-hydrogen) atoms. The first kappa shape index (κ1) is 37.3. The van der Waals surface area contributed by atoms with Crippen LogP contribution in [0.15, 0.2) is 42.6 Å². The molecule has 2 aromatic carbocycles. The Labute approximate surface area is 313 Å². The van der Waals surface area contributed by atoms with Gasteiger partial charge in [-0.2, -0.15) is 5.10 Å². The quantitative estimate of drug-likeness (QED) is 0.192. The number of hydrogen-bond acceptors (Lipinski definition) is 8. The Balaban J connectivity index is 1.40. The van der Waals surface area contributed by atoms with Crippen LogP contribution in [0.3, 0.4) is 0 Å². The van der Waals surface area contributed by atoms with Crippen molar-refractivity contribution in [2.45, 2.75) is 83.5 Å². The summed E-state index contributed by atoms with van der Waals surface area (Å²) < 4.78 is 37.9. The summed E-state index contributed by atoms with van der Waals surface area (Å²) in [5.74, 6) is 0.201. The van der Waals surface area contributed by atoms with Crippen molar-refractivity contribution >= 4 is 38.5 Å². The number of aromatic nitrogens is 3. The standard InChI is InChI=1S/C41H54N6O5S/c1-26(2)25-53(50,51)43-40(48)28-14-16-34-36(21-28)47-23-30(38-35(22-42-45(38)5)41(49)46-18-10-13-31(24-46)44(3)4)19-29-20-32(52-6)15-17-33(29)39(47)37(34)27-11-8-7-9-12-27/h14-17,19-22,26-27,31,41,49H,7-13,18,23-25H2,1-6H3,(H,43,48). The van der Waals surface area contributed by atoms with Gasteiger partial charge in [0.15, 0.2) is 0 Å². The number of sulfonamides is 1. The maximum Gasteiger partial charge on any atom is 0.264 e. The number of ether oxygens (including phenoxy) is 1. The van der Waals surface area contributed by atoms with E-state index in [1.807, 2.05) is 43.8 Å². The number of allylic oxidation sites excluding steroid dienone is 1. The molecule has 1 aliphatic carbocycles. The van der Waals surface area contributed by atoms with Crippen molar-refractivity contribution in [2.75, 3.05) is 40.0 Å². The number of nitrogens with one attached hydrogen (secondary N) is 1. The van der Waals surface area contributed by atoms with E-state index < -0.39 is 22.2 Å². The van der Waals surface area contributed by atoms with Gasteiger partial charge in [-0.15, -0.1) is 0 Å². The van der Waals surface area contributed by atoms with Crippen molar-refractivity contribution in [2.24, 2.45) is 13.0 Å². The molecule has 7 rings (SSSR count). The van der Waals surface area contributed by atoms with Gasteiger partial charge in [-0.05, 0) is 105 Å². The zero-order chi connectivity index (χ0) is 37.6. The fraction of sp³-hybridized carbons (Fsp3) is 0.512. The Bertz CT molecular complexity index is 2140. The minimum Gasteiger partial charge on any atom is -0.497 e. The normalized spacial score (nSPS) is 19.2. The molecule has 11 nitrogen and oxygen atoms in total. The Morgan fingerprint density at radius 1 is 1.06 bits per heavy atom. The molecule has 2 atom stereocenters. The van der Waals surface area contributed by atoms with Crippen LogP contribution in [-0.2, 0) is 23.6 Å². The molecule has 3 aliphatic rings. The van der Waals surface area contributed by atoms with Crippen LogP contribution in [0.5, 0.6) is 5.75 Å². The highest BCUT2D eigenvalue weighted by Crippen LogP contribution is 2.48. The van der Waals surface area contributed by atoms with Gasteiger partial charge >= 0.3 is 0 Å². The molecule has 2 unspecified atom stereocenters. The number of methoxy groups -OCH3 is 1. The maximum absolute atomic E-state index is 13.6. The third-order valence-corrected chi connectivity index (χ3v) is 13.0. The molecule has 2 aromatic heterocycles. The number of rotatable bonds is 10. The van der Waals surface area contributed by atoms with Crippen molar-refractivity contribution in [3.8, 4) is 17.0 Å². The van der Waals surface area contributed by atoms with Crippen LogP contribution in [0.4, 0.5) is 0 Å². The molecular weight excluding hydrogens is 689 g/mol. The summed E-state index contributed by atoms with van der Waals surface area (Å²) in [5, 5.41) is 17.8. The number of benzene rings is 2. The molecule has 1 saturated heterocycles. The Kier molecular flexibility index (Phi) is 10.6. The van der Waals surface area contributed by atoms with Crippen LogP contribution in [0.25, 0.3) is 33.8 Å². The summed E-state index contributed by atoms with van der Waals surface area (Å²) in [4.78, 5) is 17.9. The van der Waals surface area contributed by atoms with Crippen molar-refractivity contribution in [1.29, 1.82) is 0 Å². The van der Waals surface area contributed by atoms with Crippen LogP contribution in [0.2, 0.25) is 0 Å². The largest absolute Gasteiger partial charge is 0.497 e. The predicted molar refractivity (Wildman–Crippen MR) is 210 cm³/mol. The number of carbonyl (C=O) groups is 1. The molecular formula is C41H54N6O5S. The molecule has 0 spiro atoms. The maximum atomic E-state index is 13.6. The van der Waals surface area contributed by atoms with Gasteiger partial charge in [0, 0.05) is 53.8 Å². The average Bonchev–Trinajstić information content (AvgIpc) is 3.62. The van der Waals surface area contributed by atoms with E-state index in [0.29, 0.717) is 24.1 Å². The molecule has 284 valence electrons. The number of aliphatic hydroxyl groups is 1. The van der Waals surface area contributed by atoms with E-state index in [1.54, 1.807) is 19.4 Å². The van der Waals surface area contributed by atoms with E-state index in [0.717, 1.165) is 102 Å². The first-order valence-electron chi connectivity index (χ1n) is 19.1. The number of nitrogens with zero attached hydrogens (tertiary/aromatic N) is 5. The second-order valence-electron chi connectivity index (χ2n) is 15.8. The molecule has 2 N–H and O–H groups in total. The van der Waals surface area contributed by atoms with Gasteiger partial charge in [0.05, 0.1) is 37.0 Å². The number of piperidine rings is 1. The highest BCUT2D eigenvalue weighted by Gasteiger charge is 2.34. The van der Waals surface area contributed by atoms with Gasteiger partial charge in [0.25, 0.3) is 5.91 Å². The van der Waals surface area contributed by atoms with Crippen molar-refractivity contribution in [3.05, 3.63) is 70.5 Å². The van der Waals surface area contributed by atoms with E-state index in [2.05, 4.69) is 51.4 Å². The van der Waals surface area contributed by atoms with E-state index in [9.17, 15) is 18.3 Å². The zero-order valence-electron chi connectivity index (χ0n) is 31.9. The van der Waals surface area contributed by atoms with Crippen molar-refractivity contribution in [1.82, 2.24) is 28.9 Å². The number of carbonyl (C=O) groups excluding carboxylic acids is 1. The van der Waals surface area contributed by atoms with E-state index in [1.165, 1.54) is 12.0 Å². The lowest BCUT2D eigenvalue weighted by atomic mass is 9.81. The molecule has 1 saturated carbocycles. The van der Waals surface area contributed by atoms with E-state index in [-0.39, 0.29) is 11.7 Å². The molecule has 2 fully saturated rings. The lowest BCUT2D eigenvalue weighted by Gasteiger charge is -2.38. The molecule has 0 radical (unpaired) electrons. The summed E-state index contributed by atoms with van der Waals surface area (Å²) in [7, 11) is 3.99. The number of amides is 1. The fourth-order valence-electron chi connectivity index (χ4n) is 8.87. The number of fused-ring (bicyclic) bond motifs is 5. The molecule has 4 heterocycles. The smallest absolute Gasteiger partial charge is 0.264 e. The number of likely N-dealkylation sites (N-methyl/N-ethyl adjacent to an activating group) is 1. The Morgan fingerprint density at radius 2 is 1.83 bits per heavy atom. The number of hydrogen-bond donors (Lipinski definition) is 2. The van der Waals surface area contributed by atoms with Crippen LogP contribution in [-0.4, -0.2) is 89.7 Å². The summed E-state index contributed by atoms with van der Waals surface area (Å²) >= 11 is 0. The van der Waals surface area contributed by atoms with Gasteiger partial charge in [0.2, 0.25) is 10.0 Å². The highest BCUT2D eigenvalue weighted by molar-refractivity contribution is 7.90. The van der Waals surface area contributed by atoms with E-state index in [4.69, 9.17) is 9.84 Å². The number of aryl methyl sites for hydroxylation is 1. The summed E-state index contributed by atoms with van der Waals surface area (Å²) in [6.07, 6.45) is 10.9. The minimum atomic E-state index is -3.80. The summed E-state index contributed by atoms with van der Waals surface area (Å²) in [5.41, 5.74) is 8.19.